The van der Waals surface area contributed by atoms with E-state index >= 15 is 0 Å². The molecule has 1 aromatic heterocycles. The summed E-state index contributed by atoms with van der Waals surface area (Å²) < 4.78 is 10.9. The van der Waals surface area contributed by atoms with Gasteiger partial charge in [0.25, 0.3) is 0 Å². The summed E-state index contributed by atoms with van der Waals surface area (Å²) in [6.07, 6.45) is 5.49. The summed E-state index contributed by atoms with van der Waals surface area (Å²) in [4.78, 5) is 16.5. The number of ether oxygens (including phenoxy) is 1. The van der Waals surface area contributed by atoms with E-state index < -0.39 is 0 Å². The molecule has 0 amide bonds. The molecular weight excluding hydrogens is 336 g/mol. The van der Waals surface area contributed by atoms with Crippen LogP contribution in [-0.4, -0.2) is 33.4 Å². The monoisotopic (exact) mass is 358 g/mol. The highest BCUT2D eigenvalue weighted by molar-refractivity contribution is 8.01. The molecule has 0 spiro atoms. The predicted octanol–water partition coefficient (Wildman–Crippen LogP) is 4.11. The first-order valence-electron chi connectivity index (χ1n) is 7.57. The van der Waals surface area contributed by atoms with E-state index in [1.54, 1.807) is 0 Å². The number of aromatic nitrogens is 2. The van der Waals surface area contributed by atoms with Crippen molar-refractivity contribution in [2.45, 2.75) is 55.6 Å². The maximum absolute atomic E-state index is 12.2. The second-order valence-corrected chi connectivity index (χ2v) is 9.67. The molecule has 0 saturated heterocycles. The molecule has 3 rings (SSSR count). The third-order valence-corrected chi connectivity index (χ3v) is 8.34. The van der Waals surface area contributed by atoms with Crippen LogP contribution >= 0.6 is 35.1 Å². The Balaban J connectivity index is 1.55. The smallest absolute Gasteiger partial charge is 0.316 e. The van der Waals surface area contributed by atoms with E-state index in [1.165, 1.54) is 47.9 Å². The van der Waals surface area contributed by atoms with Crippen LogP contribution in [0.5, 0.6) is 0 Å². The summed E-state index contributed by atoms with van der Waals surface area (Å²) in [6.45, 7) is 6.96. The molecule has 2 bridgehead atoms. The molecule has 1 aromatic rings. The Morgan fingerprint density at radius 3 is 2.77 bits per heavy atom. The topological polar surface area (TPSA) is 52.1 Å². The van der Waals surface area contributed by atoms with E-state index in [9.17, 15) is 4.79 Å². The van der Waals surface area contributed by atoms with Gasteiger partial charge in [0.1, 0.15) is 6.10 Å². The molecule has 0 radical (unpaired) electrons. The van der Waals surface area contributed by atoms with Crippen molar-refractivity contribution >= 4 is 41.0 Å². The number of carbonyl (C=O) groups is 1. The molecule has 2 aliphatic carbocycles. The molecule has 1 heterocycles. The maximum Gasteiger partial charge on any atom is 0.316 e. The Morgan fingerprint density at radius 1 is 1.45 bits per heavy atom. The van der Waals surface area contributed by atoms with Crippen LogP contribution in [0, 0.1) is 16.7 Å². The fraction of sp³-hybridized carbons (Fsp3) is 0.800. The fourth-order valence-electron chi connectivity index (χ4n) is 3.96. The number of thioether (sulfide) groups is 2. The summed E-state index contributed by atoms with van der Waals surface area (Å²) >= 11 is 4.28. The van der Waals surface area contributed by atoms with Crippen LogP contribution in [0.2, 0.25) is 0 Å². The fourth-order valence-corrected chi connectivity index (χ4v) is 5.95. The van der Waals surface area contributed by atoms with Gasteiger partial charge in [0.15, 0.2) is 4.34 Å². The van der Waals surface area contributed by atoms with Crippen molar-refractivity contribution in [1.82, 2.24) is 9.36 Å². The Bertz CT molecular complexity index is 575. The van der Waals surface area contributed by atoms with Crippen molar-refractivity contribution < 1.29 is 9.53 Å². The Morgan fingerprint density at radius 2 is 2.23 bits per heavy atom. The number of nitrogens with zero attached hydrogens (tertiary/aromatic N) is 2. The highest BCUT2D eigenvalue weighted by Gasteiger charge is 2.62. The molecule has 3 atom stereocenters. The van der Waals surface area contributed by atoms with Gasteiger partial charge in [-0.2, -0.15) is 4.37 Å². The van der Waals surface area contributed by atoms with Crippen molar-refractivity contribution in [2.24, 2.45) is 16.7 Å². The van der Waals surface area contributed by atoms with Crippen molar-refractivity contribution in [3.05, 3.63) is 0 Å². The minimum absolute atomic E-state index is 0.0746. The Kier molecular flexibility index (Phi) is 4.51. The molecule has 3 unspecified atom stereocenters. The third kappa shape index (κ3) is 2.69. The lowest BCUT2D eigenvalue weighted by Crippen LogP contribution is -2.38. The minimum Gasteiger partial charge on any atom is -0.461 e. The molecule has 0 N–H and O–H groups in total. The molecule has 0 aliphatic heterocycles. The van der Waals surface area contributed by atoms with Gasteiger partial charge in [-0.25, -0.2) is 4.98 Å². The largest absolute Gasteiger partial charge is 0.461 e. The van der Waals surface area contributed by atoms with Crippen LogP contribution in [-0.2, 0) is 9.53 Å². The molecule has 22 heavy (non-hydrogen) atoms. The van der Waals surface area contributed by atoms with E-state index in [-0.39, 0.29) is 22.9 Å². The van der Waals surface area contributed by atoms with Crippen molar-refractivity contribution in [3.63, 3.8) is 0 Å². The van der Waals surface area contributed by atoms with Crippen LogP contribution in [0.4, 0.5) is 0 Å². The van der Waals surface area contributed by atoms with Gasteiger partial charge < -0.3 is 4.74 Å². The van der Waals surface area contributed by atoms with Crippen molar-refractivity contribution in [3.8, 4) is 0 Å². The second-order valence-electron chi connectivity index (χ2n) is 6.92. The second kappa shape index (κ2) is 5.98. The van der Waals surface area contributed by atoms with Crippen LogP contribution < -0.4 is 0 Å². The lowest BCUT2D eigenvalue weighted by Gasteiger charge is -2.38. The Hall–Kier alpha value is -0.270. The first-order chi connectivity index (χ1) is 10.4. The summed E-state index contributed by atoms with van der Waals surface area (Å²) in [5.74, 6) is 0.886. The number of esters is 1. The van der Waals surface area contributed by atoms with Crippen molar-refractivity contribution in [2.75, 3.05) is 12.0 Å². The predicted molar refractivity (Wildman–Crippen MR) is 91.5 cm³/mol. The van der Waals surface area contributed by atoms with Gasteiger partial charge >= 0.3 is 5.97 Å². The highest BCUT2D eigenvalue weighted by Crippen LogP contribution is 2.66. The van der Waals surface area contributed by atoms with E-state index in [0.29, 0.717) is 11.7 Å². The quantitative estimate of drug-likeness (QED) is 0.583. The van der Waals surface area contributed by atoms with Crippen LogP contribution in [0.25, 0.3) is 0 Å². The molecule has 2 fully saturated rings. The lowest BCUT2D eigenvalue weighted by molar-refractivity contribution is -0.153. The number of hydrogen-bond donors (Lipinski definition) is 0. The normalized spacial score (nSPS) is 32.4. The van der Waals surface area contributed by atoms with Gasteiger partial charge in [0, 0.05) is 5.41 Å². The van der Waals surface area contributed by atoms with Crippen LogP contribution in [0.3, 0.4) is 0 Å². The summed E-state index contributed by atoms with van der Waals surface area (Å²) in [7, 11) is 0. The zero-order valence-electron chi connectivity index (χ0n) is 13.4. The number of rotatable bonds is 5. The average Bonchev–Trinajstić information content (AvgIpc) is 3.07. The molecule has 0 aromatic carbocycles. The summed E-state index contributed by atoms with van der Waals surface area (Å²) in [5, 5.41) is 0.767. The summed E-state index contributed by atoms with van der Waals surface area (Å²) in [5.41, 5.74) is 0.407. The average molecular weight is 359 g/mol. The van der Waals surface area contributed by atoms with Gasteiger partial charge in [-0.1, -0.05) is 44.3 Å². The van der Waals surface area contributed by atoms with Gasteiger partial charge in [0.05, 0.1) is 5.75 Å². The van der Waals surface area contributed by atoms with Crippen LogP contribution in [0.1, 0.15) is 40.0 Å². The zero-order chi connectivity index (χ0) is 16.0. The molecule has 122 valence electrons. The lowest BCUT2D eigenvalue weighted by atomic mass is 9.70. The maximum atomic E-state index is 12.2. The van der Waals surface area contributed by atoms with Gasteiger partial charge in [-0.05, 0) is 48.4 Å². The third-order valence-electron chi connectivity index (χ3n) is 5.87. The SMILES string of the molecule is CSc1nsc(SCC(=O)OC2CC3CCC2(C)C3(C)C)n1. The molecular formula is C15H22N2O2S3. The number of hydrogen-bond acceptors (Lipinski definition) is 7. The summed E-state index contributed by atoms with van der Waals surface area (Å²) in [6, 6.07) is 0. The number of fused-ring (bicyclic) bond motifs is 2. The highest BCUT2D eigenvalue weighted by atomic mass is 32.2. The van der Waals surface area contributed by atoms with E-state index in [1.807, 2.05) is 6.26 Å². The van der Waals surface area contributed by atoms with Gasteiger partial charge in [0.2, 0.25) is 5.16 Å². The molecule has 4 nitrogen and oxygen atoms in total. The standard InChI is InChI=1S/C15H22N2O2S3/c1-14(2)9-5-6-15(14,3)10(7-9)19-11(18)8-21-13-16-12(20-4)17-22-13/h9-10H,5-8H2,1-4H3. The molecule has 2 saturated carbocycles. The Labute approximate surface area is 144 Å². The van der Waals surface area contributed by atoms with Gasteiger partial charge in [-0.15, -0.1) is 0 Å². The molecule has 2 aliphatic rings. The van der Waals surface area contributed by atoms with E-state index in [2.05, 4.69) is 30.1 Å². The minimum atomic E-state index is -0.125. The molecule has 7 heteroatoms. The van der Waals surface area contributed by atoms with Gasteiger partial charge in [-0.3, -0.25) is 4.79 Å². The number of carbonyl (C=O) groups excluding carboxylic acids is 1. The first-order valence-corrected chi connectivity index (χ1v) is 10.5. The van der Waals surface area contributed by atoms with Crippen LogP contribution in [0.15, 0.2) is 9.50 Å². The van der Waals surface area contributed by atoms with E-state index in [4.69, 9.17) is 4.74 Å². The van der Waals surface area contributed by atoms with E-state index in [0.717, 1.165) is 15.9 Å². The zero-order valence-corrected chi connectivity index (χ0v) is 15.9. The van der Waals surface area contributed by atoms with Crippen molar-refractivity contribution in [1.29, 1.82) is 0 Å². The first kappa shape index (κ1) is 16.6.